The molecule has 1 aromatic heterocycles. The molecule has 1 aliphatic heterocycles. The summed E-state index contributed by atoms with van der Waals surface area (Å²) in [4.78, 5) is 16.7. The van der Waals surface area contributed by atoms with Crippen LogP contribution in [0.15, 0.2) is 48.5 Å². The molecule has 0 spiro atoms. The van der Waals surface area contributed by atoms with Crippen molar-refractivity contribution in [3.63, 3.8) is 0 Å². The number of carbonyl (C=O) groups excluding carboxylic acids is 1. The number of aromatic nitrogens is 4. The smallest absolute Gasteiger partial charge is 0.322 e. The van der Waals surface area contributed by atoms with E-state index in [-0.39, 0.29) is 6.03 Å². The van der Waals surface area contributed by atoms with Crippen molar-refractivity contribution >= 4 is 17.7 Å². The van der Waals surface area contributed by atoms with E-state index in [4.69, 9.17) is 4.74 Å². The number of urea groups is 1. The number of nitrogens with zero attached hydrogens (tertiary/aromatic N) is 6. The highest BCUT2D eigenvalue weighted by Gasteiger charge is 2.25. The van der Waals surface area contributed by atoms with E-state index in [0.717, 1.165) is 12.1 Å². The predicted molar refractivity (Wildman–Crippen MR) is 119 cm³/mol. The molecule has 162 valence electrons. The van der Waals surface area contributed by atoms with Gasteiger partial charge in [0, 0.05) is 26.2 Å². The number of rotatable bonds is 6. The van der Waals surface area contributed by atoms with Crippen LogP contribution < -0.4 is 15.0 Å². The summed E-state index contributed by atoms with van der Waals surface area (Å²) in [5.74, 6) is 1.36. The summed E-state index contributed by atoms with van der Waals surface area (Å²) in [7, 11) is 0. The standard InChI is InChI=1S/C22H27N7O2/c1-3-17-8-7-9-18(16-17)29-21(24-25-26-29)27-12-14-28(15-13-27)22(30)23-19-10-5-6-11-20(19)31-4-2/h5-11,16H,3-4,12-15H2,1-2H3,(H,23,30). The molecule has 4 rings (SSSR count). The van der Waals surface area contributed by atoms with Crippen molar-refractivity contribution in [2.45, 2.75) is 20.3 Å². The number of amides is 2. The minimum atomic E-state index is -0.137. The van der Waals surface area contributed by atoms with Crippen LogP contribution in [0, 0.1) is 0 Å². The Morgan fingerprint density at radius 2 is 1.87 bits per heavy atom. The Morgan fingerprint density at radius 1 is 1.06 bits per heavy atom. The van der Waals surface area contributed by atoms with Gasteiger partial charge in [-0.25, -0.2) is 4.79 Å². The first-order valence-corrected chi connectivity index (χ1v) is 10.6. The molecule has 9 heteroatoms. The zero-order valence-electron chi connectivity index (χ0n) is 17.9. The van der Waals surface area contributed by atoms with Crippen LogP contribution >= 0.6 is 0 Å². The van der Waals surface area contributed by atoms with Crippen LogP contribution in [0.5, 0.6) is 5.75 Å². The zero-order valence-corrected chi connectivity index (χ0v) is 17.9. The van der Waals surface area contributed by atoms with Gasteiger partial charge in [0.15, 0.2) is 0 Å². The van der Waals surface area contributed by atoms with Crippen molar-refractivity contribution in [2.24, 2.45) is 0 Å². The third-order valence-corrected chi connectivity index (χ3v) is 5.29. The van der Waals surface area contributed by atoms with Crippen LogP contribution in [-0.4, -0.2) is 63.9 Å². The Labute approximate surface area is 181 Å². The lowest BCUT2D eigenvalue weighted by Gasteiger charge is -2.34. The quantitative estimate of drug-likeness (QED) is 0.658. The number of hydrogen-bond donors (Lipinski definition) is 1. The highest BCUT2D eigenvalue weighted by molar-refractivity contribution is 5.91. The molecular formula is C22H27N7O2. The topological polar surface area (TPSA) is 88.4 Å². The van der Waals surface area contributed by atoms with Crippen LogP contribution in [0.3, 0.4) is 0 Å². The third kappa shape index (κ3) is 4.60. The van der Waals surface area contributed by atoms with E-state index in [9.17, 15) is 4.79 Å². The number of para-hydroxylation sites is 2. The van der Waals surface area contributed by atoms with Crippen molar-refractivity contribution in [3.05, 3.63) is 54.1 Å². The molecule has 1 aliphatic rings. The number of ether oxygens (including phenoxy) is 1. The molecule has 2 heterocycles. The summed E-state index contributed by atoms with van der Waals surface area (Å²) in [6.45, 7) is 7.03. The first-order chi connectivity index (χ1) is 15.2. The fourth-order valence-electron chi connectivity index (χ4n) is 3.61. The molecule has 0 unspecified atom stereocenters. The maximum absolute atomic E-state index is 12.8. The van der Waals surface area contributed by atoms with Gasteiger partial charge in [-0.2, -0.15) is 4.68 Å². The Hall–Kier alpha value is -3.62. The second-order valence-corrected chi connectivity index (χ2v) is 7.25. The Kier molecular flexibility index (Phi) is 6.30. The van der Waals surface area contributed by atoms with Gasteiger partial charge < -0.3 is 19.9 Å². The third-order valence-electron chi connectivity index (χ3n) is 5.29. The van der Waals surface area contributed by atoms with Crippen LogP contribution in [0.1, 0.15) is 19.4 Å². The van der Waals surface area contributed by atoms with Crippen molar-refractivity contribution in [1.29, 1.82) is 0 Å². The average Bonchev–Trinajstić information content (AvgIpc) is 3.31. The Bertz CT molecular complexity index is 1030. The SMILES string of the molecule is CCOc1ccccc1NC(=O)N1CCN(c2nnnn2-c2cccc(CC)c2)CC1. The summed E-state index contributed by atoms with van der Waals surface area (Å²) in [6, 6.07) is 15.5. The van der Waals surface area contributed by atoms with Crippen molar-refractivity contribution in [1.82, 2.24) is 25.1 Å². The average molecular weight is 422 g/mol. The van der Waals surface area contributed by atoms with Gasteiger partial charge in [0.2, 0.25) is 5.95 Å². The largest absolute Gasteiger partial charge is 0.492 e. The molecule has 2 aromatic carbocycles. The van der Waals surface area contributed by atoms with Crippen LogP contribution in [0.4, 0.5) is 16.4 Å². The molecule has 0 aliphatic carbocycles. The Balaban J connectivity index is 1.41. The highest BCUT2D eigenvalue weighted by atomic mass is 16.5. The fourth-order valence-corrected chi connectivity index (χ4v) is 3.61. The van der Waals surface area contributed by atoms with Gasteiger partial charge in [0.1, 0.15) is 5.75 Å². The number of piperazine rings is 1. The summed E-state index contributed by atoms with van der Waals surface area (Å²) in [6.07, 6.45) is 0.950. The first-order valence-electron chi connectivity index (χ1n) is 10.6. The molecule has 1 saturated heterocycles. The number of anilines is 2. The molecular weight excluding hydrogens is 394 g/mol. The van der Waals surface area contributed by atoms with Gasteiger partial charge in [0.25, 0.3) is 0 Å². The molecule has 31 heavy (non-hydrogen) atoms. The van der Waals surface area contributed by atoms with Gasteiger partial charge in [-0.1, -0.05) is 36.3 Å². The summed E-state index contributed by atoms with van der Waals surface area (Å²) in [5.41, 5.74) is 2.84. The second-order valence-electron chi connectivity index (χ2n) is 7.25. The summed E-state index contributed by atoms with van der Waals surface area (Å²) < 4.78 is 7.35. The summed E-state index contributed by atoms with van der Waals surface area (Å²) in [5, 5.41) is 15.3. The van der Waals surface area contributed by atoms with E-state index in [1.165, 1.54) is 5.56 Å². The van der Waals surface area contributed by atoms with E-state index >= 15 is 0 Å². The maximum atomic E-state index is 12.8. The fraction of sp³-hybridized carbons (Fsp3) is 0.364. The predicted octanol–water partition coefficient (Wildman–Crippen LogP) is 2.98. The van der Waals surface area contributed by atoms with Gasteiger partial charge in [0.05, 0.1) is 18.0 Å². The first kappa shape index (κ1) is 20.6. The minimum absolute atomic E-state index is 0.137. The zero-order chi connectivity index (χ0) is 21.6. The van der Waals surface area contributed by atoms with Crippen molar-refractivity contribution < 1.29 is 9.53 Å². The lowest BCUT2D eigenvalue weighted by atomic mass is 10.1. The van der Waals surface area contributed by atoms with Crippen molar-refractivity contribution in [3.8, 4) is 11.4 Å². The lowest BCUT2D eigenvalue weighted by molar-refractivity contribution is 0.207. The van der Waals surface area contributed by atoms with Crippen LogP contribution in [0.25, 0.3) is 5.69 Å². The van der Waals surface area contributed by atoms with E-state index in [2.05, 4.69) is 44.8 Å². The van der Waals surface area contributed by atoms with Crippen molar-refractivity contribution in [2.75, 3.05) is 43.0 Å². The van der Waals surface area contributed by atoms with Crippen LogP contribution in [0.2, 0.25) is 0 Å². The number of carbonyl (C=O) groups is 1. The number of hydrogen-bond acceptors (Lipinski definition) is 6. The van der Waals surface area contributed by atoms with E-state index in [0.29, 0.717) is 50.2 Å². The number of tetrazole rings is 1. The Morgan fingerprint density at radius 3 is 2.65 bits per heavy atom. The summed E-state index contributed by atoms with van der Waals surface area (Å²) >= 11 is 0. The molecule has 1 N–H and O–H groups in total. The molecule has 0 atom stereocenters. The molecule has 3 aromatic rings. The number of benzene rings is 2. The molecule has 9 nitrogen and oxygen atoms in total. The van der Waals surface area contributed by atoms with E-state index < -0.39 is 0 Å². The normalized spacial score (nSPS) is 13.9. The van der Waals surface area contributed by atoms with Gasteiger partial charge >= 0.3 is 6.03 Å². The highest BCUT2D eigenvalue weighted by Crippen LogP contribution is 2.24. The number of nitrogens with one attached hydrogen (secondary N) is 1. The molecule has 0 bridgehead atoms. The minimum Gasteiger partial charge on any atom is -0.492 e. The number of aryl methyl sites for hydroxylation is 1. The lowest BCUT2D eigenvalue weighted by Crippen LogP contribution is -2.50. The van der Waals surface area contributed by atoms with Gasteiger partial charge in [-0.05, 0) is 53.6 Å². The van der Waals surface area contributed by atoms with Gasteiger partial charge in [-0.15, -0.1) is 0 Å². The monoisotopic (exact) mass is 421 g/mol. The molecule has 0 saturated carbocycles. The second kappa shape index (κ2) is 9.46. The van der Waals surface area contributed by atoms with Crippen LogP contribution in [-0.2, 0) is 6.42 Å². The van der Waals surface area contributed by atoms with Gasteiger partial charge in [-0.3, -0.25) is 0 Å². The van der Waals surface area contributed by atoms with E-state index in [1.54, 1.807) is 9.58 Å². The molecule has 0 radical (unpaired) electrons. The molecule has 1 fully saturated rings. The molecule has 2 amide bonds. The maximum Gasteiger partial charge on any atom is 0.322 e. The van der Waals surface area contributed by atoms with E-state index in [1.807, 2.05) is 43.3 Å².